The van der Waals surface area contributed by atoms with Crippen LogP contribution < -0.4 is 10.6 Å². The van der Waals surface area contributed by atoms with Crippen molar-refractivity contribution >= 4 is 34.6 Å². The number of esters is 1. The lowest BCUT2D eigenvalue weighted by molar-refractivity contribution is -0.165. The summed E-state index contributed by atoms with van der Waals surface area (Å²) in [5, 5.41) is 6.36. The SMILES string of the molecule is C=CC(=O)NCC(=N/C(OCC(F)(F)F)=C(\C=C)Nc1ncc(C(=O)OC(C)C)c(-c2cn(C3CC3)c3ccccc23)n1)N(C)CCN(C)C. The second-order valence-corrected chi connectivity index (χ2v) is 12.2. The van der Waals surface area contributed by atoms with Crippen molar-refractivity contribution in [3.63, 3.8) is 0 Å². The number of carbonyl (C=O) groups is 2. The van der Waals surface area contributed by atoms with Gasteiger partial charge in [0.2, 0.25) is 17.7 Å². The van der Waals surface area contributed by atoms with Crippen LogP contribution in [0, 0.1) is 0 Å². The Morgan fingerprint density at radius 2 is 1.86 bits per heavy atom. The van der Waals surface area contributed by atoms with E-state index in [0.29, 0.717) is 24.7 Å². The summed E-state index contributed by atoms with van der Waals surface area (Å²) >= 11 is 0. The molecule has 268 valence electrons. The molecule has 1 aromatic carbocycles. The van der Waals surface area contributed by atoms with E-state index in [-0.39, 0.29) is 35.3 Å². The standard InChI is InChI=1S/C35H43F3N8O4/c1-8-27(32(49-21-35(36,37)38)42-29(19-39-30(47)9-2)45(7)17-16-44(5)6)41-34-40-18-25(33(48)50-22(3)4)31(43-34)26-20-46(23-14-15-23)28-13-11-10-12-24(26)28/h8-13,18,20,22-23H,1-2,14-17,19,21H2,3-7H3,(H,39,47)(H,40,41,43)/b32-27-,42-29?. The van der Waals surface area contributed by atoms with Crippen LogP contribution in [0.3, 0.4) is 0 Å². The molecule has 2 heterocycles. The predicted molar refractivity (Wildman–Crippen MR) is 186 cm³/mol. The summed E-state index contributed by atoms with van der Waals surface area (Å²) in [7, 11) is 5.42. The van der Waals surface area contributed by atoms with E-state index in [1.165, 1.54) is 12.3 Å². The largest absolute Gasteiger partial charge is 0.466 e. The molecule has 2 N–H and O–H groups in total. The Labute approximate surface area is 289 Å². The summed E-state index contributed by atoms with van der Waals surface area (Å²) in [6.07, 6.45) is 2.48. The van der Waals surface area contributed by atoms with Gasteiger partial charge in [-0.2, -0.15) is 18.2 Å². The van der Waals surface area contributed by atoms with Crippen LogP contribution in [0.5, 0.6) is 0 Å². The number of hydrogen-bond donors (Lipinski definition) is 2. The normalized spacial score (nSPS) is 14.0. The number of fused-ring (bicyclic) bond motifs is 1. The fourth-order valence-corrected chi connectivity index (χ4v) is 4.85. The number of allylic oxidation sites excluding steroid dienone is 1. The zero-order chi connectivity index (χ0) is 36.6. The maximum atomic E-state index is 13.5. The van der Waals surface area contributed by atoms with E-state index in [0.717, 1.165) is 29.8 Å². The van der Waals surface area contributed by atoms with Gasteiger partial charge in [0.25, 0.3) is 0 Å². The van der Waals surface area contributed by atoms with E-state index in [9.17, 15) is 22.8 Å². The molecule has 0 saturated heterocycles. The molecule has 0 atom stereocenters. The molecular weight excluding hydrogens is 653 g/mol. The van der Waals surface area contributed by atoms with Crippen LogP contribution in [0.25, 0.3) is 22.2 Å². The average Bonchev–Trinajstić information content (AvgIpc) is 3.84. The molecule has 15 heteroatoms. The number of halogens is 3. The molecule has 1 amide bonds. The molecule has 2 aromatic heterocycles. The molecule has 0 unspecified atom stereocenters. The monoisotopic (exact) mass is 696 g/mol. The minimum atomic E-state index is -4.70. The summed E-state index contributed by atoms with van der Waals surface area (Å²) < 4.78 is 53.3. The van der Waals surface area contributed by atoms with Crippen molar-refractivity contribution < 1.29 is 32.2 Å². The molecule has 50 heavy (non-hydrogen) atoms. The smallest absolute Gasteiger partial charge is 0.422 e. The highest BCUT2D eigenvalue weighted by Crippen LogP contribution is 2.41. The van der Waals surface area contributed by atoms with Gasteiger partial charge in [-0.05, 0) is 59.0 Å². The second kappa shape index (κ2) is 16.5. The number of nitrogens with zero attached hydrogens (tertiary/aromatic N) is 6. The topological polar surface area (TPSA) is 126 Å². The highest BCUT2D eigenvalue weighted by Gasteiger charge is 2.31. The number of nitrogens with one attached hydrogen (secondary N) is 2. The number of aromatic nitrogens is 3. The molecule has 1 aliphatic rings. The summed E-state index contributed by atoms with van der Waals surface area (Å²) in [5.41, 5.74) is 1.92. The molecule has 4 rings (SSSR count). The number of hydrogen-bond acceptors (Lipinski definition) is 9. The number of likely N-dealkylation sites (N-methyl/N-ethyl adjacent to an activating group) is 2. The number of rotatable bonds is 16. The van der Waals surface area contributed by atoms with Crippen molar-refractivity contribution in [3.05, 3.63) is 79.1 Å². The van der Waals surface area contributed by atoms with Crippen LogP contribution in [0.4, 0.5) is 19.1 Å². The summed E-state index contributed by atoms with van der Waals surface area (Å²) in [5.74, 6) is -1.47. The van der Waals surface area contributed by atoms with Crippen LogP contribution in [0.15, 0.2) is 78.5 Å². The van der Waals surface area contributed by atoms with Crippen LogP contribution in [0.2, 0.25) is 0 Å². The van der Waals surface area contributed by atoms with Crippen molar-refractivity contribution in [3.8, 4) is 11.3 Å². The number of carbonyl (C=O) groups excluding carboxylic acids is 2. The third kappa shape index (κ3) is 10.2. The van der Waals surface area contributed by atoms with Gasteiger partial charge < -0.3 is 34.5 Å². The highest BCUT2D eigenvalue weighted by molar-refractivity contribution is 6.03. The van der Waals surface area contributed by atoms with Crippen molar-refractivity contribution in [1.82, 2.24) is 29.7 Å². The number of benzene rings is 1. The summed E-state index contributed by atoms with van der Waals surface area (Å²) in [4.78, 5) is 42.3. The minimum absolute atomic E-state index is 0.0648. The molecule has 1 saturated carbocycles. The first-order valence-corrected chi connectivity index (χ1v) is 16.1. The summed E-state index contributed by atoms with van der Waals surface area (Å²) in [6, 6.07) is 8.08. The zero-order valence-electron chi connectivity index (χ0n) is 28.9. The van der Waals surface area contributed by atoms with Crippen LogP contribution in [0.1, 0.15) is 43.1 Å². The maximum Gasteiger partial charge on any atom is 0.422 e. The van der Waals surface area contributed by atoms with E-state index < -0.39 is 36.6 Å². The van der Waals surface area contributed by atoms with Crippen LogP contribution >= 0.6 is 0 Å². The van der Waals surface area contributed by atoms with Crippen molar-refractivity contribution in [2.75, 3.05) is 52.7 Å². The highest BCUT2D eigenvalue weighted by atomic mass is 19.4. The number of ether oxygens (including phenoxy) is 2. The third-order valence-corrected chi connectivity index (χ3v) is 7.50. The number of anilines is 1. The van der Waals surface area contributed by atoms with Crippen LogP contribution in [-0.2, 0) is 14.3 Å². The molecule has 1 fully saturated rings. The van der Waals surface area contributed by atoms with Crippen molar-refractivity contribution in [1.29, 1.82) is 0 Å². The number of para-hydroxylation sites is 1. The number of amides is 1. The van der Waals surface area contributed by atoms with Gasteiger partial charge in [0.1, 0.15) is 17.1 Å². The average molecular weight is 697 g/mol. The lowest BCUT2D eigenvalue weighted by Crippen LogP contribution is -2.40. The fourth-order valence-electron chi connectivity index (χ4n) is 4.85. The molecule has 0 bridgehead atoms. The van der Waals surface area contributed by atoms with Gasteiger partial charge in [-0.3, -0.25) is 4.79 Å². The molecule has 3 aromatic rings. The molecule has 0 aliphatic heterocycles. The number of amidine groups is 1. The number of alkyl halides is 3. The minimum Gasteiger partial charge on any atom is -0.466 e. The predicted octanol–water partition coefficient (Wildman–Crippen LogP) is 5.54. The van der Waals surface area contributed by atoms with Crippen molar-refractivity contribution in [2.24, 2.45) is 4.99 Å². The van der Waals surface area contributed by atoms with E-state index in [1.54, 1.807) is 25.8 Å². The first kappa shape index (κ1) is 37.6. The van der Waals surface area contributed by atoms with Gasteiger partial charge >= 0.3 is 12.1 Å². The van der Waals surface area contributed by atoms with Gasteiger partial charge in [0.05, 0.1) is 18.3 Å². The fraction of sp³-hybridized carbons (Fsp3) is 0.400. The quantitative estimate of drug-likeness (QED) is 0.0496. The van der Waals surface area contributed by atoms with Gasteiger partial charge in [-0.1, -0.05) is 31.4 Å². The van der Waals surface area contributed by atoms with E-state index in [4.69, 9.17) is 14.5 Å². The lowest BCUT2D eigenvalue weighted by atomic mass is 10.1. The first-order chi connectivity index (χ1) is 23.7. The Hall–Kier alpha value is -5.18. The molecule has 12 nitrogen and oxygen atoms in total. The second-order valence-electron chi connectivity index (χ2n) is 12.2. The molecular formula is C35H43F3N8O4. The Kier molecular flexibility index (Phi) is 12.4. The Balaban J connectivity index is 1.84. The molecule has 0 spiro atoms. The van der Waals surface area contributed by atoms with E-state index in [1.807, 2.05) is 49.5 Å². The lowest BCUT2D eigenvalue weighted by Gasteiger charge is -2.24. The Bertz CT molecular complexity index is 1780. The van der Waals surface area contributed by atoms with E-state index in [2.05, 4.69) is 38.3 Å². The van der Waals surface area contributed by atoms with Crippen LogP contribution in [-0.4, -0.2) is 102 Å². The first-order valence-electron chi connectivity index (χ1n) is 16.1. The summed E-state index contributed by atoms with van der Waals surface area (Å²) in [6.45, 7) is 9.86. The van der Waals surface area contributed by atoms with Gasteiger partial charge in [-0.15, -0.1) is 0 Å². The number of aliphatic imine (C=N–C) groups is 1. The maximum absolute atomic E-state index is 13.5. The van der Waals surface area contributed by atoms with Gasteiger partial charge in [0.15, 0.2) is 6.61 Å². The Morgan fingerprint density at radius 3 is 2.48 bits per heavy atom. The van der Waals surface area contributed by atoms with Gasteiger partial charge in [-0.25, -0.2) is 14.8 Å². The Morgan fingerprint density at radius 1 is 1.14 bits per heavy atom. The molecule has 0 radical (unpaired) electrons. The zero-order valence-corrected chi connectivity index (χ0v) is 28.9. The van der Waals surface area contributed by atoms with E-state index >= 15 is 0 Å². The molecule has 1 aliphatic carbocycles. The third-order valence-electron chi connectivity index (χ3n) is 7.50. The van der Waals surface area contributed by atoms with Crippen molar-refractivity contribution in [2.45, 2.75) is 45.0 Å². The van der Waals surface area contributed by atoms with Gasteiger partial charge in [0, 0.05) is 55.0 Å².